The smallest absolute Gasteiger partial charge is 0.265 e. The Balaban J connectivity index is 1.50. The zero-order valence-electron chi connectivity index (χ0n) is 18.3. The van der Waals surface area contributed by atoms with Crippen LogP contribution in [-0.2, 0) is 12.4 Å². The van der Waals surface area contributed by atoms with Crippen molar-refractivity contribution in [3.8, 4) is 33.5 Å². The molecule has 0 fully saturated rings. The van der Waals surface area contributed by atoms with Gasteiger partial charge in [0.1, 0.15) is 0 Å². The molecule has 0 spiro atoms. The van der Waals surface area contributed by atoms with Crippen LogP contribution < -0.4 is 0 Å². The van der Waals surface area contributed by atoms with Gasteiger partial charge in [0, 0.05) is 46.9 Å². The molecule has 3 aromatic heterocycles. The first-order valence-electron chi connectivity index (χ1n) is 10.6. The van der Waals surface area contributed by atoms with Crippen LogP contribution in [0.4, 0.5) is 26.3 Å². The summed E-state index contributed by atoms with van der Waals surface area (Å²) in [5.41, 5.74) is 0.980. The summed E-state index contributed by atoms with van der Waals surface area (Å²) in [6, 6.07) is 15.4. The molecule has 0 N–H and O–H groups in total. The van der Waals surface area contributed by atoms with E-state index >= 15 is 0 Å². The number of hydrogen-bond donors (Lipinski definition) is 0. The number of halogens is 6. The number of aromatic nitrogens is 3. The summed E-state index contributed by atoms with van der Waals surface area (Å²) in [5, 5.41) is 0.678. The summed E-state index contributed by atoms with van der Waals surface area (Å²) in [7, 11) is 0. The van der Waals surface area contributed by atoms with Gasteiger partial charge in [0.05, 0.1) is 22.3 Å². The monoisotopic (exact) mass is 495 g/mol. The highest BCUT2D eigenvalue weighted by Crippen LogP contribution is 2.39. The van der Waals surface area contributed by atoms with Crippen molar-refractivity contribution in [2.24, 2.45) is 0 Å². The van der Waals surface area contributed by atoms with E-state index in [1.165, 1.54) is 12.1 Å². The molecule has 0 radical (unpaired) electrons. The molecule has 0 aliphatic heterocycles. The number of nitrogens with zero attached hydrogens (tertiary/aromatic N) is 3. The van der Waals surface area contributed by atoms with Gasteiger partial charge in [-0.2, -0.15) is 26.3 Å². The maximum atomic E-state index is 13.2. The quantitative estimate of drug-likeness (QED) is 0.238. The van der Waals surface area contributed by atoms with Crippen LogP contribution in [0.15, 0.2) is 91.5 Å². The molecule has 3 nitrogen and oxygen atoms in total. The van der Waals surface area contributed by atoms with Gasteiger partial charge in [0.25, 0.3) is 0 Å². The number of rotatable bonds is 3. The molecule has 5 rings (SSSR count). The maximum absolute atomic E-state index is 13.2. The van der Waals surface area contributed by atoms with Crippen molar-refractivity contribution in [3.63, 3.8) is 0 Å². The van der Waals surface area contributed by atoms with Crippen molar-refractivity contribution in [1.29, 1.82) is 0 Å². The van der Waals surface area contributed by atoms with Gasteiger partial charge in [-0.1, -0.05) is 18.2 Å². The Kier molecular flexibility index (Phi) is 5.70. The highest BCUT2D eigenvalue weighted by Gasteiger charge is 2.37. The predicted octanol–water partition coefficient (Wildman–Crippen LogP) is 8.06. The van der Waals surface area contributed by atoms with E-state index in [0.717, 1.165) is 22.4 Å². The van der Waals surface area contributed by atoms with Gasteiger partial charge in [-0.25, -0.2) is 0 Å². The molecule has 0 bridgehead atoms. The van der Waals surface area contributed by atoms with Crippen LogP contribution >= 0.6 is 0 Å². The van der Waals surface area contributed by atoms with E-state index in [0.29, 0.717) is 23.0 Å². The highest BCUT2D eigenvalue weighted by atomic mass is 19.4. The summed E-state index contributed by atoms with van der Waals surface area (Å²) in [6.07, 6.45) is -3.19. The van der Waals surface area contributed by atoms with Gasteiger partial charge in [-0.15, -0.1) is 0 Å². The third-order valence-electron chi connectivity index (χ3n) is 5.68. The Labute approximate surface area is 201 Å². The second kappa shape index (κ2) is 8.75. The molecule has 0 aliphatic rings. The summed E-state index contributed by atoms with van der Waals surface area (Å²) in [4.78, 5) is 12.8. The molecule has 0 amide bonds. The normalized spacial score (nSPS) is 12.2. The average molecular weight is 495 g/mol. The van der Waals surface area contributed by atoms with Crippen molar-refractivity contribution in [2.75, 3.05) is 0 Å². The molecule has 0 atom stereocenters. The van der Waals surface area contributed by atoms with Crippen molar-refractivity contribution in [3.05, 3.63) is 103 Å². The van der Waals surface area contributed by atoms with E-state index in [4.69, 9.17) is 0 Å². The molecule has 36 heavy (non-hydrogen) atoms. The summed E-state index contributed by atoms with van der Waals surface area (Å²) < 4.78 is 79.5. The first-order chi connectivity index (χ1) is 17.1. The van der Waals surface area contributed by atoms with Crippen molar-refractivity contribution >= 4 is 10.9 Å². The van der Waals surface area contributed by atoms with Gasteiger partial charge < -0.3 is 0 Å². The van der Waals surface area contributed by atoms with Crippen LogP contribution in [0, 0.1) is 0 Å². The first-order valence-corrected chi connectivity index (χ1v) is 10.6. The van der Waals surface area contributed by atoms with Crippen LogP contribution in [-0.4, -0.2) is 15.0 Å². The second-order valence-electron chi connectivity index (χ2n) is 8.09. The lowest BCUT2D eigenvalue weighted by molar-refractivity contribution is -0.143. The van der Waals surface area contributed by atoms with Crippen LogP contribution in [0.1, 0.15) is 11.1 Å². The lowest BCUT2D eigenvalue weighted by Crippen LogP contribution is -2.11. The summed E-state index contributed by atoms with van der Waals surface area (Å²) in [5.74, 6) is 0. The van der Waals surface area contributed by atoms with Crippen molar-refractivity contribution in [1.82, 2.24) is 15.0 Å². The first kappa shape index (κ1) is 23.5. The molecule has 9 heteroatoms. The third-order valence-corrected chi connectivity index (χ3v) is 5.68. The van der Waals surface area contributed by atoms with Crippen LogP contribution in [0.3, 0.4) is 0 Å². The standard InChI is InChI=1S/C27H15F6N3/c28-26(29,30)22-10-20(11-23(13-22)27(31,32)33)17-1-2-18-9-21(15-36-25(18)12-17)19-3-4-24(35-14-19)16-5-7-34-8-6-16/h1-15H. The number of benzene rings is 2. The van der Waals surface area contributed by atoms with Gasteiger partial charge in [0.2, 0.25) is 0 Å². The molecule has 0 saturated carbocycles. The Hall–Kier alpha value is -4.27. The van der Waals surface area contributed by atoms with Gasteiger partial charge in [-0.3, -0.25) is 15.0 Å². The van der Waals surface area contributed by atoms with Gasteiger partial charge in [-0.05, 0) is 59.7 Å². The minimum absolute atomic E-state index is 0.114. The average Bonchev–Trinajstić information content (AvgIpc) is 2.87. The molecule has 0 saturated heterocycles. The molecular formula is C27H15F6N3. The maximum Gasteiger partial charge on any atom is 0.416 e. The summed E-state index contributed by atoms with van der Waals surface area (Å²) >= 11 is 0. The fourth-order valence-corrected chi connectivity index (χ4v) is 3.84. The van der Waals surface area contributed by atoms with E-state index in [1.807, 2.05) is 30.3 Å². The summed E-state index contributed by atoms with van der Waals surface area (Å²) in [6.45, 7) is 0. The zero-order chi connectivity index (χ0) is 25.5. The number of hydrogen-bond acceptors (Lipinski definition) is 3. The van der Waals surface area contributed by atoms with Crippen molar-refractivity contribution < 1.29 is 26.3 Å². The van der Waals surface area contributed by atoms with Gasteiger partial charge >= 0.3 is 12.4 Å². The Bertz CT molecular complexity index is 1510. The van der Waals surface area contributed by atoms with Gasteiger partial charge in [0.15, 0.2) is 0 Å². The Morgan fingerprint density at radius 1 is 0.500 bits per heavy atom. The topological polar surface area (TPSA) is 38.7 Å². The van der Waals surface area contributed by atoms with Crippen molar-refractivity contribution in [2.45, 2.75) is 12.4 Å². The Morgan fingerprint density at radius 2 is 1.14 bits per heavy atom. The lowest BCUT2D eigenvalue weighted by atomic mass is 9.97. The Morgan fingerprint density at radius 3 is 1.75 bits per heavy atom. The largest absolute Gasteiger partial charge is 0.416 e. The van der Waals surface area contributed by atoms with Crippen LogP contribution in [0.2, 0.25) is 0 Å². The van der Waals surface area contributed by atoms with E-state index < -0.39 is 23.5 Å². The van der Waals surface area contributed by atoms with E-state index in [9.17, 15) is 26.3 Å². The van der Waals surface area contributed by atoms with E-state index in [1.54, 1.807) is 30.9 Å². The zero-order valence-corrected chi connectivity index (χ0v) is 18.3. The molecular weight excluding hydrogens is 480 g/mol. The fourth-order valence-electron chi connectivity index (χ4n) is 3.84. The lowest BCUT2D eigenvalue weighted by Gasteiger charge is -2.14. The number of fused-ring (bicyclic) bond motifs is 1. The highest BCUT2D eigenvalue weighted by molar-refractivity contribution is 5.87. The molecule has 5 aromatic rings. The van der Waals surface area contributed by atoms with Crippen LogP contribution in [0.25, 0.3) is 44.4 Å². The molecule has 2 aromatic carbocycles. The number of pyridine rings is 3. The minimum Gasteiger partial charge on any atom is -0.265 e. The number of alkyl halides is 6. The third kappa shape index (κ3) is 4.77. The molecule has 0 aliphatic carbocycles. The molecule has 180 valence electrons. The van der Waals surface area contributed by atoms with E-state index in [-0.39, 0.29) is 17.2 Å². The second-order valence-corrected chi connectivity index (χ2v) is 8.09. The van der Waals surface area contributed by atoms with Crippen LogP contribution in [0.5, 0.6) is 0 Å². The van der Waals surface area contributed by atoms with E-state index in [2.05, 4.69) is 15.0 Å². The fraction of sp³-hybridized carbons (Fsp3) is 0.0741. The predicted molar refractivity (Wildman–Crippen MR) is 124 cm³/mol. The minimum atomic E-state index is -4.92. The molecule has 3 heterocycles. The SMILES string of the molecule is FC(F)(F)c1cc(-c2ccc3cc(-c4ccc(-c5ccncc5)nc4)cnc3c2)cc(C(F)(F)F)c1. The molecule has 0 unspecified atom stereocenters.